The molecule has 31 heavy (non-hydrogen) atoms. The Labute approximate surface area is 184 Å². The van der Waals surface area contributed by atoms with Gasteiger partial charge in [0.15, 0.2) is 0 Å². The van der Waals surface area contributed by atoms with Gasteiger partial charge in [0.25, 0.3) is 5.91 Å². The molecule has 1 atom stereocenters. The largest absolute Gasteiger partial charge is 0.292 e. The number of carbonyl (C=O) groups excluding carboxylic acids is 1. The van der Waals surface area contributed by atoms with E-state index in [1.165, 1.54) is 44.2 Å². The monoisotopic (exact) mass is 421 g/mol. The number of rotatable bonds is 6. The van der Waals surface area contributed by atoms with E-state index in [2.05, 4.69) is 30.9 Å². The molecule has 2 aromatic carbocycles. The van der Waals surface area contributed by atoms with Gasteiger partial charge >= 0.3 is 0 Å². The molecule has 0 bridgehead atoms. The van der Waals surface area contributed by atoms with Crippen LogP contribution in [0.1, 0.15) is 68.2 Å². The van der Waals surface area contributed by atoms with Gasteiger partial charge < -0.3 is 0 Å². The summed E-state index contributed by atoms with van der Waals surface area (Å²) in [5.74, 6) is -0.227. The number of hydrogen-bond donors (Lipinski definition) is 0. The van der Waals surface area contributed by atoms with Crippen molar-refractivity contribution in [3.63, 3.8) is 0 Å². The number of aryl methyl sites for hydroxylation is 1. The first-order chi connectivity index (χ1) is 15.1. The molecule has 0 radical (unpaired) electrons. The second-order valence-electron chi connectivity index (χ2n) is 8.72. The first-order valence-electron chi connectivity index (χ1n) is 11.5. The highest BCUT2D eigenvalue weighted by Gasteiger charge is 2.35. The molecule has 1 aliphatic carbocycles. The third-order valence-electron chi connectivity index (χ3n) is 6.73. The van der Waals surface area contributed by atoms with Crippen molar-refractivity contribution in [1.82, 2.24) is 9.91 Å². The van der Waals surface area contributed by atoms with Crippen LogP contribution in [-0.2, 0) is 4.79 Å². The molecule has 4 nitrogen and oxygen atoms in total. The summed E-state index contributed by atoms with van der Waals surface area (Å²) in [5.41, 5.74) is 3.98. The molecule has 4 rings (SSSR count). The summed E-state index contributed by atoms with van der Waals surface area (Å²) in [6.45, 7) is 5.48. The Hall–Kier alpha value is -2.53. The third-order valence-corrected chi connectivity index (χ3v) is 6.73. The number of halogens is 1. The fourth-order valence-electron chi connectivity index (χ4n) is 4.95. The summed E-state index contributed by atoms with van der Waals surface area (Å²) in [6, 6.07) is 15.0. The van der Waals surface area contributed by atoms with Crippen molar-refractivity contribution < 1.29 is 9.18 Å². The van der Waals surface area contributed by atoms with E-state index in [1.54, 1.807) is 17.1 Å². The minimum atomic E-state index is -0.267. The van der Waals surface area contributed by atoms with Gasteiger partial charge in [-0.3, -0.25) is 9.69 Å². The number of hydrazone groups is 1. The zero-order chi connectivity index (χ0) is 21.8. The molecule has 0 aromatic heterocycles. The highest BCUT2D eigenvalue weighted by Crippen LogP contribution is 2.35. The van der Waals surface area contributed by atoms with Gasteiger partial charge in [0.2, 0.25) is 0 Å². The maximum absolute atomic E-state index is 13.5. The van der Waals surface area contributed by atoms with Crippen molar-refractivity contribution in [2.45, 2.75) is 64.5 Å². The number of hydrogen-bond acceptors (Lipinski definition) is 3. The third kappa shape index (κ3) is 4.87. The number of benzene rings is 2. The number of nitrogens with zero attached hydrogens (tertiary/aromatic N) is 3. The van der Waals surface area contributed by atoms with Gasteiger partial charge in [0, 0.05) is 12.5 Å². The maximum Gasteiger partial charge on any atom is 0.257 e. The van der Waals surface area contributed by atoms with Gasteiger partial charge in [-0.15, -0.1) is 0 Å². The Morgan fingerprint density at radius 2 is 1.81 bits per heavy atom. The summed E-state index contributed by atoms with van der Waals surface area (Å²) >= 11 is 0. The van der Waals surface area contributed by atoms with Crippen molar-refractivity contribution in [3.05, 3.63) is 71.0 Å². The minimum Gasteiger partial charge on any atom is -0.292 e. The summed E-state index contributed by atoms with van der Waals surface area (Å²) in [7, 11) is 0. The minimum absolute atomic E-state index is 0.0396. The SMILES string of the molecule is CCN(CC(=O)N1N=C(c2ccc(F)cc2)CC1c1ccccc1C)C1CCCCC1. The Bertz CT molecular complexity index is 934. The molecule has 2 aliphatic rings. The molecule has 0 saturated heterocycles. The van der Waals surface area contributed by atoms with E-state index in [0.717, 1.165) is 28.9 Å². The van der Waals surface area contributed by atoms with Gasteiger partial charge in [-0.25, -0.2) is 9.40 Å². The van der Waals surface area contributed by atoms with Crippen LogP contribution in [0.5, 0.6) is 0 Å². The topological polar surface area (TPSA) is 35.9 Å². The van der Waals surface area contributed by atoms with Crippen molar-refractivity contribution >= 4 is 11.6 Å². The molecule has 1 amide bonds. The van der Waals surface area contributed by atoms with Crippen LogP contribution >= 0.6 is 0 Å². The molecule has 0 N–H and O–H groups in total. The van der Waals surface area contributed by atoms with Crippen LogP contribution in [-0.4, -0.2) is 40.7 Å². The molecular weight excluding hydrogens is 389 g/mol. The number of likely N-dealkylation sites (N-methyl/N-ethyl adjacent to an activating group) is 1. The summed E-state index contributed by atoms with van der Waals surface area (Å²) in [5, 5.41) is 6.46. The summed E-state index contributed by atoms with van der Waals surface area (Å²) < 4.78 is 13.4. The van der Waals surface area contributed by atoms with Crippen LogP contribution in [0, 0.1) is 12.7 Å². The second-order valence-corrected chi connectivity index (χ2v) is 8.72. The average molecular weight is 422 g/mol. The number of carbonyl (C=O) groups is 1. The Balaban J connectivity index is 1.60. The normalized spacial score (nSPS) is 19.7. The van der Waals surface area contributed by atoms with Crippen molar-refractivity contribution in [1.29, 1.82) is 0 Å². The maximum atomic E-state index is 13.5. The van der Waals surface area contributed by atoms with E-state index < -0.39 is 0 Å². The van der Waals surface area contributed by atoms with Gasteiger partial charge in [0.1, 0.15) is 5.82 Å². The van der Waals surface area contributed by atoms with Crippen molar-refractivity contribution in [2.24, 2.45) is 5.10 Å². The first-order valence-corrected chi connectivity index (χ1v) is 11.5. The van der Waals surface area contributed by atoms with Gasteiger partial charge in [-0.1, -0.05) is 62.6 Å². The molecule has 1 aliphatic heterocycles. The van der Waals surface area contributed by atoms with Gasteiger partial charge in [-0.2, -0.15) is 5.10 Å². The molecule has 164 valence electrons. The average Bonchev–Trinajstić information content (AvgIpc) is 3.24. The smallest absolute Gasteiger partial charge is 0.257 e. The molecule has 1 heterocycles. The standard InChI is InChI=1S/C26H32FN3O/c1-3-29(22-10-5-4-6-11-22)18-26(31)30-25(23-12-8-7-9-19(23)2)17-24(28-30)20-13-15-21(27)16-14-20/h7-9,12-16,22,25H,3-6,10-11,17-18H2,1-2H3. The quantitative estimate of drug-likeness (QED) is 0.620. The predicted molar refractivity (Wildman–Crippen MR) is 122 cm³/mol. The van der Waals surface area contributed by atoms with E-state index in [0.29, 0.717) is 19.0 Å². The lowest BCUT2D eigenvalue weighted by molar-refractivity contribution is -0.135. The van der Waals surface area contributed by atoms with Crippen LogP contribution in [0.25, 0.3) is 0 Å². The molecule has 2 aromatic rings. The van der Waals surface area contributed by atoms with Crippen molar-refractivity contribution in [3.8, 4) is 0 Å². The fraction of sp³-hybridized carbons (Fsp3) is 0.462. The lowest BCUT2D eigenvalue weighted by Gasteiger charge is -2.34. The van der Waals surface area contributed by atoms with Gasteiger partial charge in [0.05, 0.1) is 18.3 Å². The van der Waals surface area contributed by atoms with E-state index >= 15 is 0 Å². The highest BCUT2D eigenvalue weighted by atomic mass is 19.1. The number of amides is 1. The van der Waals surface area contributed by atoms with Crippen LogP contribution in [0.4, 0.5) is 4.39 Å². The molecule has 1 unspecified atom stereocenters. The lowest BCUT2D eigenvalue weighted by Crippen LogP contribution is -2.44. The molecular formula is C26H32FN3O. The zero-order valence-corrected chi connectivity index (χ0v) is 18.6. The van der Waals surface area contributed by atoms with Crippen LogP contribution < -0.4 is 0 Å². The second kappa shape index (κ2) is 9.73. The van der Waals surface area contributed by atoms with E-state index in [4.69, 9.17) is 5.10 Å². The van der Waals surface area contributed by atoms with Crippen LogP contribution in [0.15, 0.2) is 53.6 Å². The van der Waals surface area contributed by atoms with Crippen LogP contribution in [0.3, 0.4) is 0 Å². The summed E-state index contributed by atoms with van der Waals surface area (Å²) in [4.78, 5) is 15.8. The Kier molecular flexibility index (Phi) is 6.81. The Morgan fingerprint density at radius 1 is 1.10 bits per heavy atom. The van der Waals surface area contributed by atoms with Crippen molar-refractivity contribution in [2.75, 3.05) is 13.1 Å². The first kappa shape index (κ1) is 21.7. The highest BCUT2D eigenvalue weighted by molar-refractivity contribution is 6.03. The van der Waals surface area contributed by atoms with Crippen LogP contribution in [0.2, 0.25) is 0 Å². The Morgan fingerprint density at radius 3 is 2.48 bits per heavy atom. The lowest BCUT2D eigenvalue weighted by atomic mass is 9.94. The molecule has 1 saturated carbocycles. The van der Waals surface area contributed by atoms with E-state index in [1.807, 2.05) is 12.1 Å². The molecule has 5 heteroatoms. The molecule has 0 spiro atoms. The fourth-order valence-corrected chi connectivity index (χ4v) is 4.95. The van der Waals surface area contributed by atoms with E-state index in [-0.39, 0.29) is 17.8 Å². The zero-order valence-electron chi connectivity index (χ0n) is 18.6. The summed E-state index contributed by atoms with van der Waals surface area (Å²) in [6.07, 6.45) is 6.78. The molecule has 1 fully saturated rings. The van der Waals surface area contributed by atoms with Gasteiger partial charge in [-0.05, 0) is 55.1 Å². The predicted octanol–water partition coefficient (Wildman–Crippen LogP) is 5.47. The van der Waals surface area contributed by atoms with E-state index in [9.17, 15) is 9.18 Å².